The highest BCUT2D eigenvalue weighted by Gasteiger charge is 2.13. The summed E-state index contributed by atoms with van der Waals surface area (Å²) in [7, 11) is -3.42. The van der Waals surface area contributed by atoms with Gasteiger partial charge in [-0.25, -0.2) is 13.1 Å². The van der Waals surface area contributed by atoms with Crippen molar-refractivity contribution in [2.75, 3.05) is 6.54 Å². The van der Waals surface area contributed by atoms with Gasteiger partial charge in [0.1, 0.15) is 0 Å². The Hall–Kier alpha value is -1.65. The maximum atomic E-state index is 12.1. The van der Waals surface area contributed by atoms with Crippen LogP contribution in [-0.4, -0.2) is 15.0 Å². The lowest BCUT2D eigenvalue weighted by Crippen LogP contribution is -2.24. The van der Waals surface area contributed by atoms with Crippen LogP contribution in [0.25, 0.3) is 10.8 Å². The van der Waals surface area contributed by atoms with E-state index in [0.717, 1.165) is 10.8 Å². The van der Waals surface area contributed by atoms with Crippen LogP contribution in [0, 0.1) is 0 Å². The lowest BCUT2D eigenvalue weighted by Gasteiger charge is -2.06. The molecule has 0 radical (unpaired) electrons. The fourth-order valence-electron chi connectivity index (χ4n) is 1.86. The van der Waals surface area contributed by atoms with Gasteiger partial charge in [0.2, 0.25) is 10.0 Å². The molecule has 0 aliphatic carbocycles. The van der Waals surface area contributed by atoms with Gasteiger partial charge in [-0.3, -0.25) is 0 Å². The molecule has 0 fully saturated rings. The molecule has 0 amide bonds. The minimum atomic E-state index is -3.42. The van der Waals surface area contributed by atoms with E-state index >= 15 is 0 Å². The van der Waals surface area contributed by atoms with Gasteiger partial charge in [0.05, 0.1) is 4.90 Å². The molecule has 2 aromatic rings. The second kappa shape index (κ2) is 5.99. The summed E-state index contributed by atoms with van der Waals surface area (Å²) in [6, 6.07) is 12.9. The highest BCUT2D eigenvalue weighted by atomic mass is 32.2. The van der Waals surface area contributed by atoms with Gasteiger partial charge in [0.25, 0.3) is 0 Å². The standard InChI is InChI=1S/C15H17NO2S/c1-2-3-6-11-16-19(17,18)15-10-9-13-7-4-5-8-14(13)12-15/h2-5,7-10,12,16H,6,11H2,1H3/b3-2+. The summed E-state index contributed by atoms with van der Waals surface area (Å²) in [5, 5.41) is 1.97. The van der Waals surface area contributed by atoms with E-state index in [9.17, 15) is 8.42 Å². The van der Waals surface area contributed by atoms with E-state index in [0.29, 0.717) is 17.9 Å². The van der Waals surface area contributed by atoms with Crippen molar-refractivity contribution in [3.8, 4) is 0 Å². The lowest BCUT2D eigenvalue weighted by atomic mass is 10.1. The SMILES string of the molecule is C/C=C/CCNS(=O)(=O)c1ccc2ccccc2c1. The Morgan fingerprint density at radius 3 is 2.58 bits per heavy atom. The smallest absolute Gasteiger partial charge is 0.211 e. The molecule has 0 atom stereocenters. The highest BCUT2D eigenvalue weighted by Crippen LogP contribution is 2.18. The Bertz CT molecular complexity index is 690. The van der Waals surface area contributed by atoms with E-state index < -0.39 is 10.0 Å². The predicted octanol–water partition coefficient (Wildman–Crippen LogP) is 3.08. The monoisotopic (exact) mass is 275 g/mol. The number of hydrogen-bond acceptors (Lipinski definition) is 2. The van der Waals surface area contributed by atoms with Crippen molar-refractivity contribution in [2.45, 2.75) is 18.2 Å². The largest absolute Gasteiger partial charge is 0.240 e. The van der Waals surface area contributed by atoms with Gasteiger partial charge in [-0.05, 0) is 36.2 Å². The topological polar surface area (TPSA) is 46.2 Å². The minimum absolute atomic E-state index is 0.312. The fourth-order valence-corrected chi connectivity index (χ4v) is 2.94. The summed E-state index contributed by atoms with van der Waals surface area (Å²) < 4.78 is 26.8. The van der Waals surface area contributed by atoms with Crippen molar-refractivity contribution >= 4 is 20.8 Å². The first kappa shape index (κ1) is 13.8. The molecule has 19 heavy (non-hydrogen) atoms. The zero-order valence-electron chi connectivity index (χ0n) is 10.8. The molecule has 0 saturated carbocycles. The molecule has 0 aliphatic rings. The normalized spacial score (nSPS) is 12.3. The van der Waals surface area contributed by atoms with Crippen LogP contribution < -0.4 is 4.72 Å². The van der Waals surface area contributed by atoms with Gasteiger partial charge < -0.3 is 0 Å². The summed E-state index contributed by atoms with van der Waals surface area (Å²) in [4.78, 5) is 0.312. The molecule has 100 valence electrons. The Kier molecular flexibility index (Phi) is 4.35. The van der Waals surface area contributed by atoms with Crippen LogP contribution in [0.2, 0.25) is 0 Å². The maximum absolute atomic E-state index is 12.1. The maximum Gasteiger partial charge on any atom is 0.240 e. The minimum Gasteiger partial charge on any atom is -0.211 e. The zero-order valence-corrected chi connectivity index (χ0v) is 11.7. The first-order valence-corrected chi connectivity index (χ1v) is 7.71. The van der Waals surface area contributed by atoms with Crippen molar-refractivity contribution in [3.63, 3.8) is 0 Å². The molecule has 0 spiro atoms. The zero-order chi connectivity index (χ0) is 13.7. The van der Waals surface area contributed by atoms with Crippen LogP contribution in [0.5, 0.6) is 0 Å². The fraction of sp³-hybridized carbons (Fsp3) is 0.200. The van der Waals surface area contributed by atoms with Crippen LogP contribution in [0.1, 0.15) is 13.3 Å². The summed E-state index contributed by atoms with van der Waals surface area (Å²) in [6.45, 7) is 2.33. The number of fused-ring (bicyclic) bond motifs is 1. The molecule has 0 aliphatic heterocycles. The van der Waals surface area contributed by atoms with E-state index in [4.69, 9.17) is 0 Å². The van der Waals surface area contributed by atoms with Gasteiger partial charge in [-0.1, -0.05) is 42.5 Å². The predicted molar refractivity (Wildman–Crippen MR) is 78.6 cm³/mol. The molecule has 0 heterocycles. The molecule has 4 heteroatoms. The molecular formula is C15H17NO2S. The average Bonchev–Trinajstić information content (AvgIpc) is 2.43. The van der Waals surface area contributed by atoms with E-state index in [1.54, 1.807) is 12.1 Å². The van der Waals surface area contributed by atoms with Crippen LogP contribution in [0.15, 0.2) is 59.5 Å². The summed E-state index contributed by atoms with van der Waals surface area (Å²) in [5.74, 6) is 0. The molecule has 0 unspecified atom stereocenters. The second-order valence-corrected chi connectivity index (χ2v) is 6.03. The molecular weight excluding hydrogens is 258 g/mol. The summed E-state index contributed by atoms with van der Waals surface area (Å²) >= 11 is 0. The Morgan fingerprint density at radius 1 is 1.11 bits per heavy atom. The average molecular weight is 275 g/mol. The summed E-state index contributed by atoms with van der Waals surface area (Å²) in [6.07, 6.45) is 4.54. The Labute approximate surface area is 114 Å². The third-order valence-electron chi connectivity index (χ3n) is 2.87. The lowest BCUT2D eigenvalue weighted by molar-refractivity contribution is 0.582. The first-order chi connectivity index (χ1) is 9.13. The van der Waals surface area contributed by atoms with Gasteiger partial charge >= 0.3 is 0 Å². The number of allylic oxidation sites excluding steroid dienone is 1. The number of hydrogen-bond donors (Lipinski definition) is 1. The molecule has 0 aromatic heterocycles. The Morgan fingerprint density at radius 2 is 1.84 bits per heavy atom. The van der Waals surface area contributed by atoms with Crippen molar-refractivity contribution in [2.24, 2.45) is 0 Å². The Balaban J connectivity index is 2.22. The van der Waals surface area contributed by atoms with Crippen LogP contribution in [-0.2, 0) is 10.0 Å². The van der Waals surface area contributed by atoms with Crippen LogP contribution >= 0.6 is 0 Å². The second-order valence-electron chi connectivity index (χ2n) is 4.26. The quantitative estimate of drug-likeness (QED) is 0.673. The van der Waals surface area contributed by atoms with E-state index in [-0.39, 0.29) is 0 Å². The molecule has 2 aromatic carbocycles. The van der Waals surface area contributed by atoms with Gasteiger partial charge in [-0.2, -0.15) is 0 Å². The summed E-state index contributed by atoms with van der Waals surface area (Å²) in [5.41, 5.74) is 0. The molecule has 3 nitrogen and oxygen atoms in total. The number of benzene rings is 2. The third kappa shape index (κ3) is 3.43. The van der Waals surface area contributed by atoms with Crippen molar-refractivity contribution in [1.29, 1.82) is 0 Å². The van der Waals surface area contributed by atoms with Gasteiger partial charge in [0, 0.05) is 6.54 Å². The number of nitrogens with one attached hydrogen (secondary N) is 1. The van der Waals surface area contributed by atoms with Crippen molar-refractivity contribution in [1.82, 2.24) is 4.72 Å². The van der Waals surface area contributed by atoms with Gasteiger partial charge in [0.15, 0.2) is 0 Å². The van der Waals surface area contributed by atoms with E-state index in [1.165, 1.54) is 0 Å². The molecule has 0 bridgehead atoms. The van der Waals surface area contributed by atoms with E-state index in [1.807, 2.05) is 49.4 Å². The van der Waals surface area contributed by atoms with Crippen LogP contribution in [0.3, 0.4) is 0 Å². The van der Waals surface area contributed by atoms with Crippen molar-refractivity contribution in [3.05, 3.63) is 54.6 Å². The molecule has 2 rings (SSSR count). The number of sulfonamides is 1. The van der Waals surface area contributed by atoms with E-state index in [2.05, 4.69) is 4.72 Å². The molecule has 0 saturated heterocycles. The first-order valence-electron chi connectivity index (χ1n) is 6.23. The number of rotatable bonds is 5. The van der Waals surface area contributed by atoms with Gasteiger partial charge in [-0.15, -0.1) is 0 Å². The highest BCUT2D eigenvalue weighted by molar-refractivity contribution is 7.89. The van der Waals surface area contributed by atoms with Crippen LogP contribution in [0.4, 0.5) is 0 Å². The van der Waals surface area contributed by atoms with Crippen molar-refractivity contribution < 1.29 is 8.42 Å². The third-order valence-corrected chi connectivity index (χ3v) is 4.33. The molecule has 1 N–H and O–H groups in total.